The van der Waals surface area contributed by atoms with E-state index >= 15 is 0 Å². The molecule has 0 aliphatic heterocycles. The van der Waals surface area contributed by atoms with Crippen molar-refractivity contribution in [3.63, 3.8) is 0 Å². The zero-order valence-corrected chi connectivity index (χ0v) is 13.3. The van der Waals surface area contributed by atoms with E-state index in [2.05, 4.69) is 25.2 Å². The Hall–Kier alpha value is -1.25. The second kappa shape index (κ2) is 6.47. The highest BCUT2D eigenvalue weighted by molar-refractivity contribution is 6.31. The summed E-state index contributed by atoms with van der Waals surface area (Å²) in [5.74, 6) is 2.00. The van der Waals surface area contributed by atoms with Crippen molar-refractivity contribution in [2.75, 3.05) is 6.54 Å². The molecule has 2 aromatic rings. The van der Waals surface area contributed by atoms with Crippen molar-refractivity contribution >= 4 is 11.6 Å². The summed E-state index contributed by atoms with van der Waals surface area (Å²) >= 11 is 6.29. The Balaban J connectivity index is 2.34. The lowest BCUT2D eigenvalue weighted by molar-refractivity contribution is 0.484. The summed E-state index contributed by atoms with van der Waals surface area (Å²) < 4.78 is 5.77. The quantitative estimate of drug-likeness (QED) is 0.860. The van der Waals surface area contributed by atoms with Gasteiger partial charge in [-0.2, -0.15) is 0 Å². The maximum Gasteiger partial charge on any atom is 0.106 e. The number of hydrogen-bond acceptors (Lipinski definition) is 2. The van der Waals surface area contributed by atoms with Gasteiger partial charge >= 0.3 is 0 Å². The fraction of sp³-hybridized carbons (Fsp3) is 0.412. The topological polar surface area (TPSA) is 25.2 Å². The molecule has 0 spiro atoms. The van der Waals surface area contributed by atoms with Crippen molar-refractivity contribution in [1.29, 1.82) is 0 Å². The Labute approximate surface area is 126 Å². The SMILES string of the molecule is CCNC(Cc1ccccc1Cl)c1c(C)oc(C)c1C. The van der Waals surface area contributed by atoms with Gasteiger partial charge in [0, 0.05) is 16.6 Å². The van der Waals surface area contributed by atoms with E-state index < -0.39 is 0 Å². The van der Waals surface area contributed by atoms with Crippen molar-refractivity contribution in [3.05, 3.63) is 57.5 Å². The predicted octanol–water partition coefficient (Wildman–Crippen LogP) is 4.75. The normalized spacial score (nSPS) is 12.7. The molecular formula is C17H22ClNO. The molecule has 0 aliphatic carbocycles. The summed E-state index contributed by atoms with van der Waals surface area (Å²) in [6.07, 6.45) is 0.869. The maximum atomic E-state index is 6.29. The molecule has 2 rings (SSSR count). The van der Waals surface area contributed by atoms with Crippen LogP contribution in [0, 0.1) is 20.8 Å². The lowest BCUT2D eigenvalue weighted by Crippen LogP contribution is -2.24. The molecule has 1 heterocycles. The van der Waals surface area contributed by atoms with E-state index in [1.54, 1.807) is 0 Å². The lowest BCUT2D eigenvalue weighted by atomic mass is 9.95. The molecule has 0 saturated heterocycles. The van der Waals surface area contributed by atoms with Gasteiger partial charge in [0.15, 0.2) is 0 Å². The Bertz CT molecular complexity index is 589. The highest BCUT2D eigenvalue weighted by Crippen LogP contribution is 2.30. The minimum Gasteiger partial charge on any atom is -0.466 e. The summed E-state index contributed by atoms with van der Waals surface area (Å²) in [4.78, 5) is 0. The van der Waals surface area contributed by atoms with Crippen LogP contribution in [-0.4, -0.2) is 6.54 Å². The van der Waals surface area contributed by atoms with Crippen LogP contribution in [0.1, 0.15) is 41.2 Å². The first-order valence-electron chi connectivity index (χ1n) is 7.07. The molecule has 2 nitrogen and oxygen atoms in total. The Kier molecular flexibility index (Phi) is 4.90. The van der Waals surface area contributed by atoms with Gasteiger partial charge in [-0.3, -0.25) is 0 Å². The van der Waals surface area contributed by atoms with Crippen LogP contribution in [0.5, 0.6) is 0 Å². The molecule has 1 N–H and O–H groups in total. The first-order chi connectivity index (χ1) is 9.54. The molecular weight excluding hydrogens is 270 g/mol. The number of nitrogens with one attached hydrogen (secondary N) is 1. The number of likely N-dealkylation sites (N-methyl/N-ethyl adjacent to an activating group) is 1. The molecule has 0 saturated carbocycles. The largest absolute Gasteiger partial charge is 0.466 e. The summed E-state index contributed by atoms with van der Waals surface area (Å²) in [7, 11) is 0. The standard InChI is InChI=1S/C17H22ClNO/c1-5-19-16(10-14-8-6-7-9-15(14)18)17-11(2)12(3)20-13(17)4/h6-9,16,19H,5,10H2,1-4H3. The molecule has 0 aliphatic rings. The highest BCUT2D eigenvalue weighted by atomic mass is 35.5. The van der Waals surface area contributed by atoms with E-state index in [0.29, 0.717) is 0 Å². The van der Waals surface area contributed by atoms with Gasteiger partial charge in [-0.25, -0.2) is 0 Å². The number of halogens is 1. The van der Waals surface area contributed by atoms with Crippen molar-refractivity contribution in [2.24, 2.45) is 0 Å². The average Bonchev–Trinajstić information content (AvgIpc) is 2.65. The van der Waals surface area contributed by atoms with Gasteiger partial charge < -0.3 is 9.73 Å². The van der Waals surface area contributed by atoms with E-state index in [0.717, 1.165) is 35.1 Å². The number of furan rings is 1. The fourth-order valence-electron chi connectivity index (χ4n) is 2.73. The number of rotatable bonds is 5. The second-order valence-electron chi connectivity index (χ2n) is 5.16. The van der Waals surface area contributed by atoms with Crippen molar-refractivity contribution in [2.45, 2.75) is 40.2 Å². The van der Waals surface area contributed by atoms with Crippen LogP contribution in [0.2, 0.25) is 5.02 Å². The fourth-order valence-corrected chi connectivity index (χ4v) is 2.94. The van der Waals surface area contributed by atoms with E-state index in [1.165, 1.54) is 11.1 Å². The first-order valence-corrected chi connectivity index (χ1v) is 7.45. The van der Waals surface area contributed by atoms with Gasteiger partial charge in [-0.1, -0.05) is 36.7 Å². The van der Waals surface area contributed by atoms with E-state index in [9.17, 15) is 0 Å². The Morgan fingerprint density at radius 2 is 1.85 bits per heavy atom. The minimum absolute atomic E-state index is 0.234. The van der Waals surface area contributed by atoms with Gasteiger partial charge in [0.25, 0.3) is 0 Å². The summed E-state index contributed by atoms with van der Waals surface area (Å²) in [6, 6.07) is 8.26. The molecule has 0 radical (unpaired) electrons. The average molecular weight is 292 g/mol. The van der Waals surface area contributed by atoms with Gasteiger partial charge in [-0.15, -0.1) is 0 Å². The molecule has 1 unspecified atom stereocenters. The van der Waals surface area contributed by atoms with Crippen LogP contribution in [0.3, 0.4) is 0 Å². The van der Waals surface area contributed by atoms with Gasteiger partial charge in [0.2, 0.25) is 0 Å². The van der Waals surface area contributed by atoms with E-state index in [1.807, 2.05) is 32.0 Å². The van der Waals surface area contributed by atoms with Crippen LogP contribution < -0.4 is 5.32 Å². The zero-order chi connectivity index (χ0) is 14.7. The number of aryl methyl sites for hydroxylation is 2. The van der Waals surface area contributed by atoms with Crippen molar-refractivity contribution in [3.8, 4) is 0 Å². The molecule has 3 heteroatoms. The predicted molar refractivity (Wildman–Crippen MR) is 84.5 cm³/mol. The second-order valence-corrected chi connectivity index (χ2v) is 5.57. The van der Waals surface area contributed by atoms with Crippen LogP contribution in [0.4, 0.5) is 0 Å². The summed E-state index contributed by atoms with van der Waals surface area (Å²) in [5.41, 5.74) is 3.67. The highest BCUT2D eigenvalue weighted by Gasteiger charge is 2.21. The molecule has 1 atom stereocenters. The summed E-state index contributed by atoms with van der Waals surface area (Å²) in [6.45, 7) is 9.21. The van der Waals surface area contributed by atoms with Crippen LogP contribution in [0.25, 0.3) is 0 Å². The number of benzene rings is 1. The van der Waals surface area contributed by atoms with Crippen molar-refractivity contribution in [1.82, 2.24) is 5.32 Å². The zero-order valence-electron chi connectivity index (χ0n) is 12.6. The summed E-state index contributed by atoms with van der Waals surface area (Å²) in [5, 5.41) is 4.38. The van der Waals surface area contributed by atoms with Crippen molar-refractivity contribution < 1.29 is 4.42 Å². The van der Waals surface area contributed by atoms with Crippen LogP contribution in [-0.2, 0) is 6.42 Å². The molecule has 1 aromatic carbocycles. The Morgan fingerprint density at radius 1 is 1.15 bits per heavy atom. The third-order valence-corrected chi connectivity index (χ3v) is 4.17. The molecule has 20 heavy (non-hydrogen) atoms. The van der Waals surface area contributed by atoms with E-state index in [4.69, 9.17) is 16.0 Å². The number of hydrogen-bond donors (Lipinski definition) is 1. The lowest BCUT2D eigenvalue weighted by Gasteiger charge is -2.19. The minimum atomic E-state index is 0.234. The first kappa shape index (κ1) is 15.1. The van der Waals surface area contributed by atoms with Gasteiger partial charge in [0.1, 0.15) is 11.5 Å². The monoisotopic (exact) mass is 291 g/mol. The van der Waals surface area contributed by atoms with Gasteiger partial charge in [0.05, 0.1) is 0 Å². The molecule has 0 bridgehead atoms. The molecule has 0 fully saturated rings. The molecule has 108 valence electrons. The van der Waals surface area contributed by atoms with E-state index in [-0.39, 0.29) is 6.04 Å². The molecule has 1 aromatic heterocycles. The third-order valence-electron chi connectivity index (χ3n) is 3.80. The third kappa shape index (κ3) is 3.08. The molecule has 0 amide bonds. The van der Waals surface area contributed by atoms with Gasteiger partial charge in [-0.05, 0) is 50.9 Å². The van der Waals surface area contributed by atoms with Crippen LogP contribution >= 0.6 is 11.6 Å². The smallest absolute Gasteiger partial charge is 0.106 e. The maximum absolute atomic E-state index is 6.29. The van der Waals surface area contributed by atoms with Crippen LogP contribution in [0.15, 0.2) is 28.7 Å². The Morgan fingerprint density at radius 3 is 2.40 bits per heavy atom.